The van der Waals surface area contributed by atoms with Crippen LogP contribution >= 0.6 is 11.3 Å². The lowest BCUT2D eigenvalue weighted by atomic mass is 9.92. The molecule has 0 radical (unpaired) electrons. The Balaban J connectivity index is 1.74. The van der Waals surface area contributed by atoms with Crippen molar-refractivity contribution in [3.05, 3.63) is 70.1 Å². The van der Waals surface area contributed by atoms with Gasteiger partial charge in [-0.25, -0.2) is 18.2 Å². The molecule has 0 amide bonds. The van der Waals surface area contributed by atoms with Crippen molar-refractivity contribution in [2.75, 3.05) is 11.9 Å². The number of ketones is 1. The first kappa shape index (κ1) is 23.0. The first-order valence-corrected chi connectivity index (χ1v) is 11.4. The number of aromatic nitrogens is 1. The predicted molar refractivity (Wildman–Crippen MR) is 121 cm³/mol. The zero-order valence-corrected chi connectivity index (χ0v) is 18.6. The normalized spacial score (nSPS) is 16.8. The Morgan fingerprint density at radius 3 is 2.52 bits per heavy atom. The number of hydrogen-bond acceptors (Lipinski definition) is 6. The highest BCUT2D eigenvalue weighted by molar-refractivity contribution is 7.15. The zero-order valence-electron chi connectivity index (χ0n) is 17.8. The average Bonchev–Trinajstić information content (AvgIpc) is 3.21. The monoisotopic (exact) mass is 470 g/mol. The third-order valence-corrected chi connectivity index (χ3v) is 6.60. The van der Waals surface area contributed by atoms with Gasteiger partial charge in [0.2, 0.25) is 5.78 Å². The van der Waals surface area contributed by atoms with Gasteiger partial charge in [0, 0.05) is 6.04 Å². The van der Waals surface area contributed by atoms with Gasteiger partial charge < -0.3 is 10.6 Å². The van der Waals surface area contributed by atoms with E-state index >= 15 is 0 Å². The Kier molecular flexibility index (Phi) is 6.77. The minimum absolute atomic E-state index is 0.150. The molecule has 1 fully saturated rings. The summed E-state index contributed by atoms with van der Waals surface area (Å²) in [6.45, 7) is 2.44. The number of thiazole rings is 1. The number of Topliss-reactive ketones (excluding diaryl/α,β-unsaturated/α-hetero) is 1. The van der Waals surface area contributed by atoms with Crippen LogP contribution in [0.1, 0.15) is 40.3 Å². The number of carbonyl (C=O) groups excluding carboxylic acids is 1. The Bertz CT molecular complexity index is 1190. The zero-order chi connectivity index (χ0) is 23.5. The first-order valence-electron chi connectivity index (χ1n) is 10.5. The maximum absolute atomic E-state index is 14.6. The van der Waals surface area contributed by atoms with Gasteiger partial charge in [0.1, 0.15) is 23.2 Å². The van der Waals surface area contributed by atoms with Crippen molar-refractivity contribution in [2.45, 2.75) is 38.3 Å². The van der Waals surface area contributed by atoms with E-state index in [1.54, 1.807) is 25.1 Å². The molecule has 0 bridgehead atoms. The summed E-state index contributed by atoms with van der Waals surface area (Å²) in [4.78, 5) is 18.7. The molecule has 1 aliphatic heterocycles. The average molecular weight is 471 g/mol. The van der Waals surface area contributed by atoms with Gasteiger partial charge in [-0.2, -0.15) is 5.26 Å². The van der Waals surface area contributed by atoms with Crippen LogP contribution < -0.4 is 10.6 Å². The van der Waals surface area contributed by atoms with E-state index in [2.05, 4.69) is 15.6 Å². The Hall–Kier alpha value is -3.22. The maximum Gasteiger partial charge on any atom is 0.206 e. The highest BCUT2D eigenvalue weighted by atomic mass is 32.1. The lowest BCUT2D eigenvalue weighted by Gasteiger charge is -2.31. The van der Waals surface area contributed by atoms with E-state index in [4.69, 9.17) is 5.26 Å². The highest BCUT2D eigenvalue weighted by Gasteiger charge is 2.34. The SMILES string of the molecule is Cc1nc(C(=O)C(Nc2c(F)cc(C#N)cc2F)[C@@H]2CCCCN2)c(-c2ccc(F)cc2)s1. The number of carbonyl (C=O) groups is 1. The summed E-state index contributed by atoms with van der Waals surface area (Å²) in [5, 5.41) is 15.6. The number of hydrogen-bond donors (Lipinski definition) is 2. The van der Waals surface area contributed by atoms with Crippen molar-refractivity contribution < 1.29 is 18.0 Å². The summed E-state index contributed by atoms with van der Waals surface area (Å²) >= 11 is 1.30. The Morgan fingerprint density at radius 2 is 1.91 bits per heavy atom. The van der Waals surface area contributed by atoms with Gasteiger partial charge in [0.15, 0.2) is 11.6 Å². The highest BCUT2D eigenvalue weighted by Crippen LogP contribution is 2.33. The Labute approximate surface area is 193 Å². The van der Waals surface area contributed by atoms with E-state index in [1.165, 1.54) is 23.5 Å². The quantitative estimate of drug-likeness (QED) is 0.484. The summed E-state index contributed by atoms with van der Waals surface area (Å²) in [7, 11) is 0. The van der Waals surface area contributed by atoms with E-state index in [0.717, 1.165) is 25.0 Å². The standard InChI is InChI=1S/C24H21F3N4OS/c1-13-30-22(24(33-13)15-5-7-16(25)8-6-15)23(32)21(19-4-2-3-9-29-19)31-20-17(26)10-14(12-28)11-18(20)27/h5-8,10-11,19,21,29,31H,2-4,9H2,1H3/t19-,21?/m0/s1. The summed E-state index contributed by atoms with van der Waals surface area (Å²) < 4.78 is 42.7. The fourth-order valence-electron chi connectivity index (χ4n) is 3.98. The third kappa shape index (κ3) is 4.92. The molecule has 1 aliphatic rings. The van der Waals surface area contributed by atoms with E-state index in [1.807, 2.05) is 0 Å². The van der Waals surface area contributed by atoms with Gasteiger partial charge in [0.25, 0.3) is 0 Å². The number of rotatable bonds is 6. The molecular weight excluding hydrogens is 449 g/mol. The maximum atomic E-state index is 14.6. The van der Waals surface area contributed by atoms with Gasteiger partial charge in [-0.15, -0.1) is 11.3 Å². The molecule has 2 N–H and O–H groups in total. The molecule has 2 heterocycles. The third-order valence-electron chi connectivity index (χ3n) is 5.58. The summed E-state index contributed by atoms with van der Waals surface area (Å²) in [6.07, 6.45) is 2.44. The van der Waals surface area contributed by atoms with Crippen LogP contribution in [0.3, 0.4) is 0 Å². The molecule has 1 aromatic heterocycles. The molecule has 1 unspecified atom stereocenters. The first-order chi connectivity index (χ1) is 15.9. The predicted octanol–water partition coefficient (Wildman–Crippen LogP) is 5.21. The van der Waals surface area contributed by atoms with E-state index in [9.17, 15) is 18.0 Å². The van der Waals surface area contributed by atoms with Crippen molar-refractivity contribution >= 4 is 22.8 Å². The van der Waals surface area contributed by atoms with Gasteiger partial charge in [0.05, 0.1) is 21.5 Å². The van der Waals surface area contributed by atoms with Crippen molar-refractivity contribution in [3.8, 4) is 16.5 Å². The van der Waals surface area contributed by atoms with Crippen LogP contribution in [0.25, 0.3) is 10.4 Å². The van der Waals surface area contributed by atoms with Crippen molar-refractivity contribution in [2.24, 2.45) is 0 Å². The molecular formula is C24H21F3N4OS. The van der Waals surface area contributed by atoms with Gasteiger partial charge in [-0.05, 0) is 56.1 Å². The molecule has 0 spiro atoms. The van der Waals surface area contributed by atoms with E-state index in [-0.39, 0.29) is 17.3 Å². The van der Waals surface area contributed by atoms with Gasteiger partial charge in [-0.3, -0.25) is 4.79 Å². The molecule has 9 heteroatoms. The Morgan fingerprint density at radius 1 is 1.21 bits per heavy atom. The topological polar surface area (TPSA) is 77.8 Å². The summed E-state index contributed by atoms with van der Waals surface area (Å²) in [5.74, 6) is -2.71. The number of aryl methyl sites for hydroxylation is 1. The minimum Gasteiger partial charge on any atom is -0.369 e. The minimum atomic E-state index is -0.997. The van der Waals surface area contributed by atoms with Gasteiger partial charge >= 0.3 is 0 Å². The molecule has 170 valence electrons. The van der Waals surface area contributed by atoms with Crippen LogP contribution in [-0.4, -0.2) is 29.4 Å². The number of nitriles is 1. The molecule has 0 aliphatic carbocycles. The van der Waals surface area contributed by atoms with Crippen LogP contribution in [0.5, 0.6) is 0 Å². The van der Waals surface area contributed by atoms with Crippen molar-refractivity contribution in [1.29, 1.82) is 5.26 Å². The second-order valence-electron chi connectivity index (χ2n) is 7.89. The summed E-state index contributed by atoms with van der Waals surface area (Å²) in [5.41, 5.74) is 0.192. The second-order valence-corrected chi connectivity index (χ2v) is 9.09. The lowest BCUT2D eigenvalue weighted by Crippen LogP contribution is -2.51. The number of piperidine rings is 1. The molecule has 3 aromatic rings. The molecule has 5 nitrogen and oxygen atoms in total. The van der Waals surface area contributed by atoms with Crippen LogP contribution in [0.2, 0.25) is 0 Å². The van der Waals surface area contributed by atoms with Crippen LogP contribution in [0, 0.1) is 35.7 Å². The van der Waals surface area contributed by atoms with Crippen molar-refractivity contribution in [1.82, 2.24) is 10.3 Å². The number of nitrogens with one attached hydrogen (secondary N) is 2. The molecule has 0 saturated carbocycles. The van der Waals surface area contributed by atoms with Crippen LogP contribution in [0.4, 0.5) is 18.9 Å². The summed E-state index contributed by atoms with van der Waals surface area (Å²) in [6, 6.07) is 7.95. The van der Waals surface area contributed by atoms with E-state index < -0.39 is 35.0 Å². The fourth-order valence-corrected chi connectivity index (χ4v) is 4.91. The molecule has 2 atom stereocenters. The molecule has 1 saturated heterocycles. The lowest BCUT2D eigenvalue weighted by molar-refractivity contribution is 0.0942. The van der Waals surface area contributed by atoms with Crippen LogP contribution in [-0.2, 0) is 0 Å². The van der Waals surface area contributed by atoms with E-state index in [0.29, 0.717) is 28.4 Å². The smallest absolute Gasteiger partial charge is 0.206 e. The fraction of sp³-hybridized carbons (Fsp3) is 0.292. The molecule has 33 heavy (non-hydrogen) atoms. The molecule has 2 aromatic carbocycles. The largest absolute Gasteiger partial charge is 0.369 e. The number of benzene rings is 2. The molecule has 4 rings (SSSR count). The second kappa shape index (κ2) is 9.73. The number of nitrogens with zero attached hydrogens (tertiary/aromatic N) is 2. The van der Waals surface area contributed by atoms with Gasteiger partial charge in [-0.1, -0.05) is 18.6 Å². The van der Waals surface area contributed by atoms with Crippen molar-refractivity contribution in [3.63, 3.8) is 0 Å². The van der Waals surface area contributed by atoms with Crippen LogP contribution in [0.15, 0.2) is 36.4 Å². The number of halogens is 3. The number of anilines is 1.